The summed E-state index contributed by atoms with van der Waals surface area (Å²) in [5, 5.41) is 18.9. The lowest BCUT2D eigenvalue weighted by atomic mass is 9.95. The second kappa shape index (κ2) is 10.4. The lowest BCUT2D eigenvalue weighted by molar-refractivity contribution is -0.432. The van der Waals surface area contributed by atoms with E-state index in [1.807, 2.05) is 6.92 Å². The first-order valence-electron chi connectivity index (χ1n) is 7.77. The summed E-state index contributed by atoms with van der Waals surface area (Å²) >= 11 is 0.0847. The first kappa shape index (κ1) is 19.6. The maximum Gasteiger partial charge on any atom is 0.357 e. The molecule has 2 N–H and O–H groups in total. The molecule has 1 aliphatic carbocycles. The summed E-state index contributed by atoms with van der Waals surface area (Å²) in [6, 6.07) is 0. The zero-order valence-electron chi connectivity index (χ0n) is 12.8. The van der Waals surface area contributed by atoms with Gasteiger partial charge in [0.2, 0.25) is 0 Å². The van der Waals surface area contributed by atoms with E-state index in [0.29, 0.717) is 19.3 Å². The minimum Gasteiger partial charge on any atom is -0.457 e. The third kappa shape index (κ3) is 6.37. The number of rotatable bonds is 10. The van der Waals surface area contributed by atoms with Crippen molar-refractivity contribution in [1.82, 2.24) is 0 Å². The number of halogens is 1. The van der Waals surface area contributed by atoms with Crippen LogP contribution in [0.5, 0.6) is 0 Å². The van der Waals surface area contributed by atoms with Gasteiger partial charge in [0.25, 0.3) is 5.00 Å². The summed E-state index contributed by atoms with van der Waals surface area (Å²) in [5.41, 5.74) is 0. The van der Waals surface area contributed by atoms with Crippen LogP contribution < -0.4 is 0 Å². The molecule has 1 rings (SSSR count). The van der Waals surface area contributed by atoms with Crippen molar-refractivity contribution in [3.8, 4) is 0 Å². The summed E-state index contributed by atoms with van der Waals surface area (Å²) in [4.78, 5) is 12.1. The van der Waals surface area contributed by atoms with Crippen LogP contribution in [0.15, 0.2) is 0 Å². The Morgan fingerprint density at radius 2 is 2.05 bits per heavy atom. The van der Waals surface area contributed by atoms with Gasteiger partial charge in [-0.05, 0) is 25.7 Å². The van der Waals surface area contributed by atoms with Crippen molar-refractivity contribution in [3.63, 3.8) is 0 Å². The molecule has 0 amide bonds. The summed E-state index contributed by atoms with van der Waals surface area (Å²) in [7, 11) is 0. The van der Waals surface area contributed by atoms with E-state index in [0.717, 1.165) is 32.1 Å². The quantitative estimate of drug-likeness (QED) is 0.207. The van der Waals surface area contributed by atoms with Crippen LogP contribution >= 0.6 is 12.0 Å². The Kier molecular flexibility index (Phi) is 9.27. The Bertz CT molecular complexity index is 332. The molecule has 3 unspecified atom stereocenters. The van der Waals surface area contributed by atoms with Crippen LogP contribution in [-0.4, -0.2) is 33.5 Å². The average molecular weight is 340 g/mol. The number of aliphatic hydroxyl groups excluding tert-OH is 1. The van der Waals surface area contributed by atoms with Gasteiger partial charge in [-0.15, -0.1) is 4.33 Å². The Morgan fingerprint density at radius 3 is 2.68 bits per heavy atom. The number of carbonyl (C=O) groups is 1. The predicted molar refractivity (Wildman–Crippen MR) is 79.3 cm³/mol. The molecule has 0 aromatic rings. The van der Waals surface area contributed by atoms with Crippen molar-refractivity contribution < 1.29 is 33.7 Å². The zero-order valence-corrected chi connectivity index (χ0v) is 13.6. The minimum absolute atomic E-state index is 0.0847. The fraction of sp³-hybridized carbons (Fsp3) is 0.929. The van der Waals surface area contributed by atoms with E-state index in [4.69, 9.17) is 9.99 Å². The normalized spacial score (nSPS) is 24.7. The smallest absolute Gasteiger partial charge is 0.357 e. The summed E-state index contributed by atoms with van der Waals surface area (Å²) in [6.45, 7) is 2.03. The number of hydrogen-bond donors (Lipinski definition) is 2. The Labute approximate surface area is 134 Å². The molecule has 130 valence electrons. The first-order valence-corrected chi connectivity index (χ1v) is 8.51. The Hall–Kier alpha value is -0.410. The van der Waals surface area contributed by atoms with Crippen molar-refractivity contribution >= 4 is 18.0 Å². The van der Waals surface area contributed by atoms with Gasteiger partial charge in [-0.25, -0.2) is 14.4 Å². The van der Waals surface area contributed by atoms with Gasteiger partial charge in [0.05, 0.1) is 18.1 Å². The van der Waals surface area contributed by atoms with Gasteiger partial charge < -0.3 is 9.84 Å². The van der Waals surface area contributed by atoms with Crippen molar-refractivity contribution in [1.29, 1.82) is 0 Å². The molecule has 0 aromatic carbocycles. The maximum absolute atomic E-state index is 14.8. The molecule has 0 radical (unpaired) electrons. The van der Waals surface area contributed by atoms with Gasteiger partial charge in [0.1, 0.15) is 6.10 Å². The van der Waals surface area contributed by atoms with Crippen LogP contribution in [0.25, 0.3) is 0 Å². The number of carbonyl (C=O) groups excluding carboxylic acids is 1. The number of alkyl halides is 1. The van der Waals surface area contributed by atoms with Crippen LogP contribution in [0.3, 0.4) is 0 Å². The van der Waals surface area contributed by atoms with Crippen LogP contribution in [0.1, 0.15) is 64.7 Å². The van der Waals surface area contributed by atoms with Gasteiger partial charge in [0.15, 0.2) is 0 Å². The fourth-order valence-electron chi connectivity index (χ4n) is 2.47. The van der Waals surface area contributed by atoms with Gasteiger partial charge in [0, 0.05) is 6.42 Å². The topological polar surface area (TPSA) is 85.2 Å². The number of hydrogen-bond acceptors (Lipinski definition) is 7. The molecule has 3 atom stereocenters. The third-order valence-electron chi connectivity index (χ3n) is 3.78. The number of aliphatic hydroxyl groups is 1. The van der Waals surface area contributed by atoms with E-state index in [1.54, 1.807) is 0 Å². The highest BCUT2D eigenvalue weighted by molar-refractivity contribution is 7.96. The molecule has 0 heterocycles. The van der Waals surface area contributed by atoms with E-state index >= 15 is 0 Å². The summed E-state index contributed by atoms with van der Waals surface area (Å²) < 4.78 is 24.0. The zero-order chi connectivity index (χ0) is 16.4. The molecular weight excluding hydrogens is 315 g/mol. The molecule has 6 nitrogen and oxygen atoms in total. The Morgan fingerprint density at radius 1 is 1.32 bits per heavy atom. The van der Waals surface area contributed by atoms with Crippen LogP contribution in [0, 0.1) is 0 Å². The first-order chi connectivity index (χ1) is 10.5. The second-order valence-electron chi connectivity index (χ2n) is 5.56. The minimum atomic E-state index is -2.46. The van der Waals surface area contributed by atoms with Crippen LogP contribution in [-0.2, 0) is 18.9 Å². The van der Waals surface area contributed by atoms with E-state index in [9.17, 15) is 14.3 Å². The third-order valence-corrected chi connectivity index (χ3v) is 4.54. The summed E-state index contributed by atoms with van der Waals surface area (Å²) in [5.74, 6) is -1.10. The second-order valence-corrected chi connectivity index (χ2v) is 6.51. The standard InChI is InChI=1S/C14H25FO6S/c1-2-3-4-7-10-14(15,22-21-20-18)13(17)19-12-9-6-5-8-11(12)16/h11-12,16,18H,2-10H2,1H3. The molecule has 0 aromatic heterocycles. The van der Waals surface area contributed by atoms with E-state index < -0.39 is 23.2 Å². The highest BCUT2D eigenvalue weighted by Crippen LogP contribution is 2.36. The molecule has 1 aliphatic rings. The molecule has 0 bridgehead atoms. The predicted octanol–water partition coefficient (Wildman–Crippen LogP) is 3.54. The SMILES string of the molecule is CCCCCCC(F)(SOOO)C(=O)OC1CCCCC1O. The molecule has 0 aliphatic heterocycles. The molecular formula is C14H25FO6S. The highest BCUT2D eigenvalue weighted by atomic mass is 32.2. The number of esters is 1. The van der Waals surface area contributed by atoms with Crippen molar-refractivity contribution in [2.75, 3.05) is 0 Å². The maximum atomic E-state index is 14.8. The highest BCUT2D eigenvalue weighted by Gasteiger charge is 2.45. The Balaban J connectivity index is 2.57. The lowest BCUT2D eigenvalue weighted by Crippen LogP contribution is -2.40. The van der Waals surface area contributed by atoms with Crippen molar-refractivity contribution in [2.24, 2.45) is 0 Å². The summed E-state index contributed by atoms with van der Waals surface area (Å²) in [6.07, 6.45) is 4.37. The lowest BCUT2D eigenvalue weighted by Gasteiger charge is -2.30. The molecule has 8 heteroatoms. The van der Waals surface area contributed by atoms with Gasteiger partial charge in [-0.3, -0.25) is 0 Å². The number of ether oxygens (including phenoxy) is 1. The monoisotopic (exact) mass is 340 g/mol. The van der Waals surface area contributed by atoms with Gasteiger partial charge in [-0.1, -0.05) is 37.6 Å². The van der Waals surface area contributed by atoms with Crippen LogP contribution in [0.2, 0.25) is 0 Å². The van der Waals surface area contributed by atoms with Crippen molar-refractivity contribution in [2.45, 2.75) is 81.9 Å². The van der Waals surface area contributed by atoms with Gasteiger partial charge >= 0.3 is 5.97 Å². The van der Waals surface area contributed by atoms with Gasteiger partial charge in [-0.2, -0.15) is 0 Å². The van der Waals surface area contributed by atoms with E-state index in [1.165, 1.54) is 0 Å². The number of unbranched alkanes of at least 4 members (excludes halogenated alkanes) is 3. The molecule has 0 saturated heterocycles. The molecule has 1 saturated carbocycles. The van der Waals surface area contributed by atoms with Crippen molar-refractivity contribution in [3.05, 3.63) is 0 Å². The molecule has 1 fully saturated rings. The van der Waals surface area contributed by atoms with E-state index in [2.05, 4.69) is 9.37 Å². The average Bonchev–Trinajstić information content (AvgIpc) is 2.51. The van der Waals surface area contributed by atoms with E-state index in [-0.39, 0.29) is 18.5 Å². The molecule has 0 spiro atoms. The largest absolute Gasteiger partial charge is 0.457 e. The molecule has 22 heavy (non-hydrogen) atoms. The fourth-order valence-corrected chi connectivity index (χ4v) is 2.95. The van der Waals surface area contributed by atoms with Crippen LogP contribution in [0.4, 0.5) is 4.39 Å².